The number of carbonyl (C=O) groups is 1. The Kier molecular flexibility index (Phi) is 3.54. The summed E-state index contributed by atoms with van der Waals surface area (Å²) in [6, 6.07) is 17.1. The van der Waals surface area contributed by atoms with E-state index >= 15 is 0 Å². The summed E-state index contributed by atoms with van der Waals surface area (Å²) in [6.07, 6.45) is 0. The predicted molar refractivity (Wildman–Crippen MR) is 76.2 cm³/mol. The largest absolute Gasteiger partial charge is 0.492 e. The molecule has 3 rings (SSSR count). The number of anilines is 1. The number of rotatable bonds is 4. The van der Waals surface area contributed by atoms with E-state index in [0.717, 1.165) is 17.2 Å². The van der Waals surface area contributed by atoms with Crippen LogP contribution >= 0.6 is 0 Å². The predicted octanol–water partition coefficient (Wildman–Crippen LogP) is 2.49. The van der Waals surface area contributed by atoms with Crippen molar-refractivity contribution >= 4 is 11.6 Å². The maximum absolute atomic E-state index is 11.9. The van der Waals surface area contributed by atoms with E-state index in [0.29, 0.717) is 13.2 Å². The van der Waals surface area contributed by atoms with Crippen molar-refractivity contribution in [3.63, 3.8) is 0 Å². The summed E-state index contributed by atoms with van der Waals surface area (Å²) >= 11 is 0. The number of carbonyl (C=O) groups excluding carboxylic acids is 1. The molecule has 0 fully saturated rings. The Bertz CT molecular complexity index is 598. The Hall–Kier alpha value is -2.49. The summed E-state index contributed by atoms with van der Waals surface area (Å²) in [5.41, 5.74) is 0.806. The molecule has 0 saturated heterocycles. The fraction of sp³-hybridized carbons (Fsp3) is 0.188. The first-order chi connectivity index (χ1) is 9.84. The van der Waals surface area contributed by atoms with Crippen LogP contribution in [0.1, 0.15) is 0 Å². The minimum Gasteiger partial charge on any atom is -0.492 e. The topological polar surface area (TPSA) is 38.8 Å². The average molecular weight is 269 g/mol. The quantitative estimate of drug-likeness (QED) is 0.856. The molecular weight excluding hydrogens is 254 g/mol. The number of benzene rings is 2. The van der Waals surface area contributed by atoms with E-state index in [9.17, 15) is 4.79 Å². The van der Waals surface area contributed by atoms with Gasteiger partial charge in [-0.2, -0.15) is 0 Å². The second kappa shape index (κ2) is 5.65. The zero-order valence-electron chi connectivity index (χ0n) is 11.0. The van der Waals surface area contributed by atoms with Crippen molar-refractivity contribution in [1.82, 2.24) is 0 Å². The zero-order valence-corrected chi connectivity index (χ0v) is 11.0. The Balaban J connectivity index is 1.66. The van der Waals surface area contributed by atoms with Gasteiger partial charge in [-0.25, -0.2) is 0 Å². The van der Waals surface area contributed by atoms with Crippen LogP contribution in [0.5, 0.6) is 11.5 Å². The van der Waals surface area contributed by atoms with Crippen molar-refractivity contribution < 1.29 is 14.3 Å². The molecule has 102 valence electrons. The number of ether oxygens (including phenoxy) is 2. The van der Waals surface area contributed by atoms with Gasteiger partial charge in [-0.1, -0.05) is 30.3 Å². The van der Waals surface area contributed by atoms with E-state index in [4.69, 9.17) is 9.47 Å². The molecular formula is C16H15NO3. The summed E-state index contributed by atoms with van der Waals surface area (Å²) in [5.74, 6) is 1.51. The third kappa shape index (κ3) is 2.59. The molecule has 0 aromatic heterocycles. The molecule has 4 nitrogen and oxygen atoms in total. The SMILES string of the molecule is O=C1COc2ccccc2N1CCOc1ccccc1. The van der Waals surface area contributed by atoms with Gasteiger partial charge in [0.05, 0.1) is 12.2 Å². The molecule has 20 heavy (non-hydrogen) atoms. The lowest BCUT2D eigenvalue weighted by molar-refractivity contribution is -0.121. The van der Waals surface area contributed by atoms with Crippen molar-refractivity contribution in [3.8, 4) is 11.5 Å². The molecule has 0 radical (unpaired) electrons. The number of nitrogens with zero attached hydrogens (tertiary/aromatic N) is 1. The van der Waals surface area contributed by atoms with Crippen molar-refractivity contribution in [1.29, 1.82) is 0 Å². The average Bonchev–Trinajstić information content (AvgIpc) is 2.50. The fourth-order valence-corrected chi connectivity index (χ4v) is 2.17. The van der Waals surface area contributed by atoms with Gasteiger partial charge in [-0.05, 0) is 24.3 Å². The third-order valence-corrected chi connectivity index (χ3v) is 3.14. The Labute approximate surface area is 117 Å². The van der Waals surface area contributed by atoms with E-state index in [1.807, 2.05) is 54.6 Å². The van der Waals surface area contributed by atoms with E-state index < -0.39 is 0 Å². The third-order valence-electron chi connectivity index (χ3n) is 3.14. The lowest BCUT2D eigenvalue weighted by Crippen LogP contribution is -2.41. The number of hydrogen-bond donors (Lipinski definition) is 0. The number of fused-ring (bicyclic) bond motifs is 1. The minimum absolute atomic E-state index is 0.0413. The van der Waals surface area contributed by atoms with Crippen LogP contribution in [-0.2, 0) is 4.79 Å². The van der Waals surface area contributed by atoms with Crippen molar-refractivity contribution in [3.05, 3.63) is 54.6 Å². The molecule has 2 aromatic rings. The highest BCUT2D eigenvalue weighted by atomic mass is 16.5. The zero-order chi connectivity index (χ0) is 13.8. The second-order valence-corrected chi connectivity index (χ2v) is 4.46. The molecule has 0 spiro atoms. The highest BCUT2D eigenvalue weighted by Gasteiger charge is 2.24. The molecule has 1 amide bonds. The first-order valence-electron chi connectivity index (χ1n) is 6.54. The van der Waals surface area contributed by atoms with Crippen molar-refractivity contribution in [2.75, 3.05) is 24.7 Å². The van der Waals surface area contributed by atoms with E-state index in [1.54, 1.807) is 4.90 Å². The lowest BCUT2D eigenvalue weighted by atomic mass is 10.2. The summed E-state index contributed by atoms with van der Waals surface area (Å²) in [5, 5.41) is 0. The van der Waals surface area contributed by atoms with Gasteiger partial charge in [0.25, 0.3) is 5.91 Å². The van der Waals surface area contributed by atoms with Gasteiger partial charge in [-0.3, -0.25) is 4.79 Å². The van der Waals surface area contributed by atoms with Crippen LogP contribution in [0.2, 0.25) is 0 Å². The van der Waals surface area contributed by atoms with Crippen LogP contribution in [0.4, 0.5) is 5.69 Å². The standard InChI is InChI=1S/C16H15NO3/c18-16-12-20-15-9-5-4-8-14(15)17(16)10-11-19-13-6-2-1-3-7-13/h1-9H,10-12H2. The van der Waals surface area contributed by atoms with Gasteiger partial charge < -0.3 is 14.4 Å². The van der Waals surface area contributed by atoms with E-state index in [1.165, 1.54) is 0 Å². The molecule has 0 saturated carbocycles. The monoisotopic (exact) mass is 269 g/mol. The maximum Gasteiger partial charge on any atom is 0.265 e. The van der Waals surface area contributed by atoms with Gasteiger partial charge in [0.1, 0.15) is 18.1 Å². The lowest BCUT2D eigenvalue weighted by Gasteiger charge is -2.29. The second-order valence-electron chi connectivity index (χ2n) is 4.46. The van der Waals surface area contributed by atoms with E-state index in [-0.39, 0.29) is 12.5 Å². The Morgan fingerprint density at radius 1 is 1.05 bits per heavy atom. The number of amides is 1. The molecule has 0 atom stereocenters. The highest BCUT2D eigenvalue weighted by Crippen LogP contribution is 2.31. The van der Waals surface area contributed by atoms with Crippen LogP contribution in [0, 0.1) is 0 Å². The number of hydrogen-bond acceptors (Lipinski definition) is 3. The Morgan fingerprint density at radius 2 is 1.80 bits per heavy atom. The molecule has 2 aromatic carbocycles. The minimum atomic E-state index is -0.0413. The normalized spacial score (nSPS) is 13.6. The van der Waals surface area contributed by atoms with Gasteiger partial charge in [0.15, 0.2) is 6.61 Å². The maximum atomic E-state index is 11.9. The fourth-order valence-electron chi connectivity index (χ4n) is 2.17. The van der Waals surface area contributed by atoms with Gasteiger partial charge in [0, 0.05) is 0 Å². The van der Waals surface area contributed by atoms with Crippen LogP contribution in [0.15, 0.2) is 54.6 Å². The first-order valence-corrected chi connectivity index (χ1v) is 6.54. The van der Waals surface area contributed by atoms with Crippen LogP contribution in [0.25, 0.3) is 0 Å². The number of para-hydroxylation sites is 3. The molecule has 1 aliphatic rings. The first kappa shape index (κ1) is 12.5. The summed E-state index contributed by atoms with van der Waals surface area (Å²) in [6.45, 7) is 1.04. The summed E-state index contributed by atoms with van der Waals surface area (Å²) in [7, 11) is 0. The summed E-state index contributed by atoms with van der Waals surface area (Å²) in [4.78, 5) is 13.7. The van der Waals surface area contributed by atoms with Crippen LogP contribution in [-0.4, -0.2) is 25.7 Å². The smallest absolute Gasteiger partial charge is 0.265 e. The van der Waals surface area contributed by atoms with Gasteiger partial charge in [0.2, 0.25) is 0 Å². The van der Waals surface area contributed by atoms with Gasteiger partial charge in [-0.15, -0.1) is 0 Å². The molecule has 1 aliphatic heterocycles. The Morgan fingerprint density at radius 3 is 2.65 bits per heavy atom. The molecule has 0 unspecified atom stereocenters. The molecule has 0 N–H and O–H groups in total. The molecule has 0 bridgehead atoms. The van der Waals surface area contributed by atoms with Gasteiger partial charge >= 0.3 is 0 Å². The summed E-state index contributed by atoms with van der Waals surface area (Å²) < 4.78 is 11.0. The van der Waals surface area contributed by atoms with Crippen LogP contribution < -0.4 is 14.4 Å². The van der Waals surface area contributed by atoms with Crippen molar-refractivity contribution in [2.45, 2.75) is 0 Å². The van der Waals surface area contributed by atoms with Crippen molar-refractivity contribution in [2.24, 2.45) is 0 Å². The molecule has 0 aliphatic carbocycles. The van der Waals surface area contributed by atoms with Crippen LogP contribution in [0.3, 0.4) is 0 Å². The van der Waals surface area contributed by atoms with E-state index in [2.05, 4.69) is 0 Å². The highest BCUT2D eigenvalue weighted by molar-refractivity contribution is 5.97. The molecule has 1 heterocycles. The molecule has 4 heteroatoms.